The molecule has 0 saturated carbocycles. The molecule has 3 aromatic carbocycles. The molecule has 3 amide bonds. The summed E-state index contributed by atoms with van der Waals surface area (Å²) in [4.78, 5) is 41.8. The molecule has 7 heteroatoms. The second kappa shape index (κ2) is 9.70. The first-order valence-corrected chi connectivity index (χ1v) is 11.8. The van der Waals surface area contributed by atoms with Crippen LogP contribution in [0, 0.1) is 19.8 Å². The van der Waals surface area contributed by atoms with E-state index in [4.69, 9.17) is 9.47 Å². The fourth-order valence-corrected chi connectivity index (χ4v) is 4.79. The molecule has 7 nitrogen and oxygen atoms in total. The highest BCUT2D eigenvalue weighted by atomic mass is 16.6. The summed E-state index contributed by atoms with van der Waals surface area (Å²) in [5.74, 6) is -0.856. The van der Waals surface area contributed by atoms with Crippen molar-refractivity contribution in [2.45, 2.75) is 26.1 Å². The molecule has 0 aromatic heterocycles. The van der Waals surface area contributed by atoms with Crippen LogP contribution in [-0.2, 0) is 9.53 Å². The average Bonchev–Trinajstić information content (AvgIpc) is 3.23. The molecule has 2 aliphatic rings. The number of hydrogen-bond acceptors (Lipinski definition) is 5. The Kier molecular flexibility index (Phi) is 6.29. The largest absolute Gasteiger partial charge is 0.447 e. The Morgan fingerprint density at radius 3 is 2.25 bits per heavy atom. The van der Waals surface area contributed by atoms with Crippen LogP contribution in [-0.4, -0.2) is 40.7 Å². The van der Waals surface area contributed by atoms with Gasteiger partial charge in [-0.25, -0.2) is 14.5 Å². The van der Waals surface area contributed by atoms with E-state index in [0.29, 0.717) is 5.75 Å². The van der Waals surface area contributed by atoms with E-state index in [1.165, 1.54) is 4.90 Å². The predicted molar refractivity (Wildman–Crippen MR) is 134 cm³/mol. The second-order valence-corrected chi connectivity index (χ2v) is 9.02. The molecular weight excluding hydrogens is 456 g/mol. The van der Waals surface area contributed by atoms with Gasteiger partial charge in [0.05, 0.1) is 12.0 Å². The van der Waals surface area contributed by atoms with Crippen LogP contribution >= 0.6 is 0 Å². The minimum Gasteiger partial charge on any atom is -0.447 e. The van der Waals surface area contributed by atoms with Crippen LogP contribution in [0.1, 0.15) is 28.3 Å². The van der Waals surface area contributed by atoms with Gasteiger partial charge in [0.15, 0.2) is 0 Å². The summed E-state index contributed by atoms with van der Waals surface area (Å²) in [7, 11) is 0. The van der Waals surface area contributed by atoms with Crippen molar-refractivity contribution in [1.29, 1.82) is 0 Å². The second-order valence-electron chi connectivity index (χ2n) is 9.02. The van der Waals surface area contributed by atoms with E-state index in [2.05, 4.69) is 6.07 Å². The van der Waals surface area contributed by atoms with Gasteiger partial charge in [-0.05, 0) is 37.1 Å². The topological polar surface area (TPSA) is 76.2 Å². The maximum absolute atomic E-state index is 13.3. The molecule has 0 spiro atoms. The minimum absolute atomic E-state index is 0.128. The molecule has 36 heavy (non-hydrogen) atoms. The normalized spacial score (nSPS) is 21.4. The smallest absolute Gasteiger partial charge is 0.423 e. The van der Waals surface area contributed by atoms with E-state index in [1.54, 1.807) is 36.4 Å². The number of carbonyl (C=O) groups excluding carboxylic acids is 3. The molecule has 0 radical (unpaired) electrons. The number of nitrogens with zero attached hydrogens (tertiary/aromatic N) is 2. The summed E-state index contributed by atoms with van der Waals surface area (Å²) in [6.45, 7) is 4.14. The third-order valence-electron chi connectivity index (χ3n) is 6.37. The number of rotatable bonds is 5. The molecule has 2 saturated heterocycles. The summed E-state index contributed by atoms with van der Waals surface area (Å²) in [5.41, 5.74) is 4.00. The van der Waals surface area contributed by atoms with Crippen molar-refractivity contribution in [3.63, 3.8) is 0 Å². The predicted octanol–water partition coefficient (Wildman–Crippen LogP) is 5.49. The zero-order valence-corrected chi connectivity index (χ0v) is 20.0. The Morgan fingerprint density at radius 2 is 1.58 bits per heavy atom. The number of β-lactam (4-membered cyclic amide) rings is 1. The van der Waals surface area contributed by atoms with Gasteiger partial charge in [-0.3, -0.25) is 9.69 Å². The fourth-order valence-electron chi connectivity index (χ4n) is 4.79. The molecular formula is C29H26N2O5. The number of para-hydroxylation sites is 1. The standard InChI is InChI=1S/C29H26N2O5/c1-19-15-20(2)17-21(16-19)13-14-24-26(30-25(18-35-28(30)33)22-9-5-3-6-10-22)31(27(24)32)29(34)36-23-11-7-4-8-12-23/h3-17,24-26H,18H2,1-2H3/t24-,25-,26-/m1/s1. The number of imide groups is 1. The average molecular weight is 483 g/mol. The highest BCUT2D eigenvalue weighted by Gasteiger charge is 2.58. The van der Waals surface area contributed by atoms with Gasteiger partial charge in [0.2, 0.25) is 5.91 Å². The highest BCUT2D eigenvalue weighted by molar-refractivity contribution is 6.02. The van der Waals surface area contributed by atoms with Crippen molar-refractivity contribution in [3.05, 3.63) is 107 Å². The van der Waals surface area contributed by atoms with Crippen molar-refractivity contribution >= 4 is 24.2 Å². The van der Waals surface area contributed by atoms with Crippen molar-refractivity contribution < 1.29 is 23.9 Å². The lowest BCUT2D eigenvalue weighted by Gasteiger charge is -2.48. The molecule has 0 N–H and O–H groups in total. The number of amides is 3. The van der Waals surface area contributed by atoms with Crippen LogP contribution in [0.5, 0.6) is 5.75 Å². The molecule has 2 aliphatic heterocycles. The van der Waals surface area contributed by atoms with E-state index in [0.717, 1.165) is 27.2 Å². The van der Waals surface area contributed by atoms with Crippen LogP contribution in [0.15, 0.2) is 84.9 Å². The van der Waals surface area contributed by atoms with Crippen molar-refractivity contribution in [1.82, 2.24) is 9.80 Å². The molecule has 0 unspecified atom stereocenters. The number of hydrogen-bond donors (Lipinski definition) is 0. The van der Waals surface area contributed by atoms with Gasteiger partial charge in [-0.2, -0.15) is 0 Å². The number of aryl methyl sites for hydroxylation is 2. The maximum atomic E-state index is 13.3. The zero-order valence-electron chi connectivity index (χ0n) is 20.0. The fraction of sp³-hybridized carbons (Fsp3) is 0.207. The molecule has 2 heterocycles. The summed E-state index contributed by atoms with van der Waals surface area (Å²) >= 11 is 0. The van der Waals surface area contributed by atoms with Gasteiger partial charge < -0.3 is 9.47 Å². The molecule has 0 aliphatic carbocycles. The molecule has 2 fully saturated rings. The van der Waals surface area contributed by atoms with Crippen LogP contribution in [0.3, 0.4) is 0 Å². The number of ether oxygens (including phenoxy) is 2. The quantitative estimate of drug-likeness (QED) is 0.449. The summed E-state index contributed by atoms with van der Waals surface area (Å²) in [5, 5.41) is 0. The van der Waals surface area contributed by atoms with E-state index in [9.17, 15) is 14.4 Å². The van der Waals surface area contributed by atoms with Gasteiger partial charge >= 0.3 is 12.2 Å². The number of benzene rings is 3. The van der Waals surface area contributed by atoms with E-state index >= 15 is 0 Å². The summed E-state index contributed by atoms with van der Waals surface area (Å²) in [6.07, 6.45) is 1.31. The summed E-state index contributed by atoms with van der Waals surface area (Å²) in [6, 6.07) is 23.6. The lowest BCUT2D eigenvalue weighted by atomic mass is 9.90. The van der Waals surface area contributed by atoms with Crippen LogP contribution in [0.4, 0.5) is 9.59 Å². The highest BCUT2D eigenvalue weighted by Crippen LogP contribution is 2.40. The first-order chi connectivity index (χ1) is 17.4. The number of carbonyl (C=O) groups is 3. The molecule has 3 aromatic rings. The number of likely N-dealkylation sites (tertiary alicyclic amines) is 1. The SMILES string of the molecule is Cc1cc(C)cc(C=C[C@H]2C(=O)N(C(=O)Oc3ccccc3)[C@H]2N2C(=O)OC[C@@H]2c2ccccc2)c1. The Balaban J connectivity index is 1.48. The van der Waals surface area contributed by atoms with E-state index in [1.807, 2.05) is 62.4 Å². The van der Waals surface area contributed by atoms with Crippen molar-refractivity contribution in [2.75, 3.05) is 6.61 Å². The van der Waals surface area contributed by atoms with Gasteiger partial charge in [0, 0.05) is 0 Å². The number of cyclic esters (lactones) is 1. The zero-order chi connectivity index (χ0) is 25.2. The third kappa shape index (κ3) is 4.47. The van der Waals surface area contributed by atoms with Crippen molar-refractivity contribution in [2.24, 2.45) is 5.92 Å². The van der Waals surface area contributed by atoms with Crippen molar-refractivity contribution in [3.8, 4) is 5.75 Å². The Hall–Kier alpha value is -4.39. The van der Waals surface area contributed by atoms with Gasteiger partial charge in [0.25, 0.3) is 0 Å². The minimum atomic E-state index is -0.879. The van der Waals surface area contributed by atoms with E-state index < -0.39 is 36.2 Å². The first-order valence-electron chi connectivity index (χ1n) is 11.8. The maximum Gasteiger partial charge on any atom is 0.423 e. The van der Waals surface area contributed by atoms with Crippen LogP contribution in [0.25, 0.3) is 6.08 Å². The molecule has 3 atom stereocenters. The summed E-state index contributed by atoms with van der Waals surface area (Å²) < 4.78 is 10.8. The van der Waals surface area contributed by atoms with E-state index in [-0.39, 0.29) is 6.61 Å². The molecule has 5 rings (SSSR count). The third-order valence-corrected chi connectivity index (χ3v) is 6.37. The van der Waals surface area contributed by atoms with Gasteiger partial charge in [-0.1, -0.05) is 90.0 Å². The van der Waals surface area contributed by atoms with Crippen LogP contribution < -0.4 is 4.74 Å². The van der Waals surface area contributed by atoms with Gasteiger partial charge in [0.1, 0.15) is 18.5 Å². The molecule has 0 bridgehead atoms. The monoisotopic (exact) mass is 482 g/mol. The first kappa shape index (κ1) is 23.4. The Morgan fingerprint density at radius 1 is 0.944 bits per heavy atom. The Bertz CT molecular complexity index is 1300. The van der Waals surface area contributed by atoms with Crippen LogP contribution in [0.2, 0.25) is 0 Å². The van der Waals surface area contributed by atoms with Gasteiger partial charge in [-0.15, -0.1) is 0 Å². The lowest BCUT2D eigenvalue weighted by molar-refractivity contribution is -0.157. The molecule has 182 valence electrons. The lowest BCUT2D eigenvalue weighted by Crippen LogP contribution is -2.69. The Labute approximate surface area is 209 Å².